The Morgan fingerprint density at radius 2 is 2.00 bits per heavy atom. The number of hydrogen-bond acceptors (Lipinski definition) is 3. The molecule has 5 heteroatoms. The summed E-state index contributed by atoms with van der Waals surface area (Å²) in [5.74, 6) is 1.06. The van der Waals surface area contributed by atoms with Crippen molar-refractivity contribution in [3.05, 3.63) is 64.8 Å². The second-order valence-corrected chi connectivity index (χ2v) is 8.17. The van der Waals surface area contributed by atoms with Gasteiger partial charge in [0.15, 0.2) is 0 Å². The van der Waals surface area contributed by atoms with Crippen molar-refractivity contribution in [2.24, 2.45) is 5.73 Å². The van der Waals surface area contributed by atoms with Crippen molar-refractivity contribution in [3.8, 4) is 5.75 Å². The number of aromatic nitrogens is 1. The largest absolute Gasteiger partial charge is 0.492 e. The van der Waals surface area contributed by atoms with Crippen LogP contribution in [0, 0.1) is 6.92 Å². The highest BCUT2D eigenvalue weighted by atomic mass is 16.5. The van der Waals surface area contributed by atoms with Crippen LogP contribution in [0.3, 0.4) is 0 Å². The van der Waals surface area contributed by atoms with Crippen LogP contribution in [0.15, 0.2) is 42.5 Å². The topological polar surface area (TPSA) is 71.3 Å². The summed E-state index contributed by atoms with van der Waals surface area (Å²) in [6.07, 6.45) is 1.83. The number of hydrogen-bond donors (Lipinski definition) is 2. The van der Waals surface area contributed by atoms with Crippen LogP contribution in [0.4, 0.5) is 0 Å². The Hall–Kier alpha value is -2.79. The van der Waals surface area contributed by atoms with Crippen molar-refractivity contribution in [3.63, 3.8) is 0 Å². The fourth-order valence-electron chi connectivity index (χ4n) is 4.63. The number of benzene rings is 2. The number of aromatic amines is 1. The number of amides is 1. The molecule has 144 valence electrons. The SMILES string of the molecule is Cc1ccc2[nH]c(C(=O)N3CCC4(CC3)COc3ccc(CN)cc34)cc2c1. The molecule has 5 rings (SSSR count). The van der Waals surface area contributed by atoms with Gasteiger partial charge in [0.25, 0.3) is 5.91 Å². The molecule has 0 unspecified atom stereocenters. The number of ether oxygens (including phenoxy) is 1. The molecule has 1 amide bonds. The number of fused-ring (bicyclic) bond motifs is 3. The first-order valence-electron chi connectivity index (χ1n) is 9.93. The molecule has 0 saturated carbocycles. The van der Waals surface area contributed by atoms with Crippen LogP contribution >= 0.6 is 0 Å². The van der Waals surface area contributed by atoms with Gasteiger partial charge in [0.1, 0.15) is 11.4 Å². The molecule has 5 nitrogen and oxygen atoms in total. The molecular formula is C23H25N3O2. The maximum absolute atomic E-state index is 13.1. The van der Waals surface area contributed by atoms with Crippen molar-refractivity contribution >= 4 is 16.8 Å². The third-order valence-corrected chi connectivity index (χ3v) is 6.37. The van der Waals surface area contributed by atoms with Crippen LogP contribution in [0.2, 0.25) is 0 Å². The van der Waals surface area contributed by atoms with Gasteiger partial charge in [-0.25, -0.2) is 0 Å². The highest BCUT2D eigenvalue weighted by Gasteiger charge is 2.44. The number of nitrogens with one attached hydrogen (secondary N) is 1. The first-order valence-corrected chi connectivity index (χ1v) is 9.93. The van der Waals surface area contributed by atoms with E-state index in [2.05, 4.69) is 30.1 Å². The number of carbonyl (C=O) groups excluding carboxylic acids is 1. The molecule has 1 spiro atoms. The summed E-state index contributed by atoms with van der Waals surface area (Å²) >= 11 is 0. The van der Waals surface area contributed by atoms with Gasteiger partial charge in [0, 0.05) is 41.5 Å². The molecule has 28 heavy (non-hydrogen) atoms. The number of piperidine rings is 1. The summed E-state index contributed by atoms with van der Waals surface area (Å²) in [7, 11) is 0. The number of H-pyrrole nitrogens is 1. The Labute approximate surface area is 164 Å². The summed E-state index contributed by atoms with van der Waals surface area (Å²) in [5, 5.41) is 1.09. The fraction of sp³-hybridized carbons (Fsp3) is 0.348. The van der Waals surface area contributed by atoms with Gasteiger partial charge in [-0.15, -0.1) is 0 Å². The maximum atomic E-state index is 13.1. The molecule has 1 saturated heterocycles. The van der Waals surface area contributed by atoms with Crippen LogP contribution in [0.25, 0.3) is 10.9 Å². The Morgan fingerprint density at radius 1 is 1.18 bits per heavy atom. The highest BCUT2D eigenvalue weighted by molar-refractivity contribution is 5.98. The van der Waals surface area contributed by atoms with Gasteiger partial charge in [-0.3, -0.25) is 4.79 Å². The molecule has 0 bridgehead atoms. The van der Waals surface area contributed by atoms with Gasteiger partial charge in [0.2, 0.25) is 0 Å². The molecule has 3 aromatic rings. The van der Waals surface area contributed by atoms with Gasteiger partial charge < -0.3 is 20.4 Å². The minimum Gasteiger partial charge on any atom is -0.492 e. The summed E-state index contributed by atoms with van der Waals surface area (Å²) < 4.78 is 5.97. The minimum absolute atomic E-state index is 0.00878. The third-order valence-electron chi connectivity index (χ3n) is 6.37. The predicted octanol–water partition coefficient (Wildman–Crippen LogP) is 3.50. The second kappa shape index (κ2) is 6.38. The van der Waals surface area contributed by atoms with E-state index in [9.17, 15) is 4.79 Å². The lowest BCUT2D eigenvalue weighted by Gasteiger charge is -2.38. The van der Waals surface area contributed by atoms with Crippen LogP contribution in [-0.4, -0.2) is 35.5 Å². The predicted molar refractivity (Wildman–Crippen MR) is 110 cm³/mol. The summed E-state index contributed by atoms with van der Waals surface area (Å²) in [6.45, 7) is 4.78. The van der Waals surface area contributed by atoms with E-state index in [1.54, 1.807) is 0 Å². The lowest BCUT2D eigenvalue weighted by Crippen LogP contribution is -2.46. The van der Waals surface area contributed by atoms with E-state index in [0.717, 1.165) is 48.1 Å². The Morgan fingerprint density at radius 3 is 2.79 bits per heavy atom. The lowest BCUT2D eigenvalue weighted by molar-refractivity contribution is 0.0641. The highest BCUT2D eigenvalue weighted by Crippen LogP contribution is 2.46. The number of aryl methyl sites for hydroxylation is 1. The molecule has 1 aromatic heterocycles. The van der Waals surface area contributed by atoms with Gasteiger partial charge in [-0.05, 0) is 49.6 Å². The first-order chi connectivity index (χ1) is 13.6. The molecule has 3 heterocycles. The van der Waals surface area contributed by atoms with E-state index in [4.69, 9.17) is 10.5 Å². The number of carbonyl (C=O) groups is 1. The maximum Gasteiger partial charge on any atom is 0.270 e. The average Bonchev–Trinajstić information content (AvgIpc) is 3.29. The van der Waals surface area contributed by atoms with Crippen LogP contribution in [0.5, 0.6) is 5.75 Å². The van der Waals surface area contributed by atoms with Crippen molar-refractivity contribution in [1.82, 2.24) is 9.88 Å². The molecule has 2 aliphatic heterocycles. The molecular weight excluding hydrogens is 350 g/mol. The smallest absolute Gasteiger partial charge is 0.270 e. The van der Waals surface area contributed by atoms with E-state index < -0.39 is 0 Å². The van der Waals surface area contributed by atoms with Crippen LogP contribution in [-0.2, 0) is 12.0 Å². The van der Waals surface area contributed by atoms with Gasteiger partial charge >= 0.3 is 0 Å². The fourth-order valence-corrected chi connectivity index (χ4v) is 4.63. The first kappa shape index (κ1) is 17.3. The average molecular weight is 375 g/mol. The van der Waals surface area contributed by atoms with E-state index in [0.29, 0.717) is 18.8 Å². The quantitative estimate of drug-likeness (QED) is 0.720. The van der Waals surface area contributed by atoms with E-state index >= 15 is 0 Å². The number of nitrogens with two attached hydrogens (primary N) is 1. The standard InChI is InChI=1S/C23H25N3O2/c1-15-2-4-19-17(10-15)12-20(25-19)22(27)26-8-6-23(7-9-26)14-28-21-5-3-16(13-24)11-18(21)23/h2-5,10-12,25H,6-9,13-14,24H2,1H3. The van der Waals surface area contributed by atoms with E-state index in [1.807, 2.05) is 29.2 Å². The number of rotatable bonds is 2. The van der Waals surface area contributed by atoms with E-state index in [-0.39, 0.29) is 11.3 Å². The Bertz CT molecular complexity index is 1060. The van der Waals surface area contributed by atoms with Gasteiger partial charge in [-0.2, -0.15) is 0 Å². The lowest BCUT2D eigenvalue weighted by atomic mass is 9.74. The summed E-state index contributed by atoms with van der Waals surface area (Å²) in [6, 6.07) is 14.4. The molecule has 0 radical (unpaired) electrons. The molecule has 2 aliphatic rings. The van der Waals surface area contributed by atoms with Gasteiger partial charge in [0.05, 0.1) is 6.61 Å². The summed E-state index contributed by atoms with van der Waals surface area (Å²) in [4.78, 5) is 18.3. The third kappa shape index (κ3) is 2.69. The number of nitrogens with zero attached hydrogens (tertiary/aromatic N) is 1. The zero-order valence-electron chi connectivity index (χ0n) is 16.1. The second-order valence-electron chi connectivity index (χ2n) is 8.17. The van der Waals surface area contributed by atoms with E-state index in [1.165, 1.54) is 11.1 Å². The zero-order valence-corrected chi connectivity index (χ0v) is 16.1. The van der Waals surface area contributed by atoms with Crippen molar-refractivity contribution < 1.29 is 9.53 Å². The molecule has 3 N–H and O–H groups in total. The molecule has 0 aliphatic carbocycles. The Balaban J connectivity index is 1.35. The van der Waals surface area contributed by atoms with Crippen LogP contribution in [0.1, 0.15) is 40.0 Å². The minimum atomic E-state index is 0.00878. The van der Waals surface area contributed by atoms with Crippen molar-refractivity contribution in [2.45, 2.75) is 31.7 Å². The Kier molecular flexibility index (Phi) is 3.95. The van der Waals surface area contributed by atoms with Crippen molar-refractivity contribution in [1.29, 1.82) is 0 Å². The number of likely N-dealkylation sites (tertiary alicyclic amines) is 1. The van der Waals surface area contributed by atoms with Gasteiger partial charge in [-0.1, -0.05) is 23.8 Å². The van der Waals surface area contributed by atoms with Crippen molar-refractivity contribution in [2.75, 3.05) is 19.7 Å². The zero-order chi connectivity index (χ0) is 19.3. The monoisotopic (exact) mass is 375 g/mol. The van der Waals surface area contributed by atoms with Crippen LogP contribution < -0.4 is 10.5 Å². The summed E-state index contributed by atoms with van der Waals surface area (Å²) in [5.41, 5.74) is 11.1. The molecule has 1 fully saturated rings. The molecule has 2 aromatic carbocycles. The normalized spacial score (nSPS) is 17.7. The molecule has 0 atom stereocenters.